The minimum Gasteiger partial charge on any atom is -0.368 e. The fourth-order valence-corrected chi connectivity index (χ4v) is 3.05. The lowest BCUT2D eigenvalue weighted by Gasteiger charge is -2.33. The van der Waals surface area contributed by atoms with E-state index in [1.54, 1.807) is 23.2 Å². The Kier molecular flexibility index (Phi) is 5.20. The highest BCUT2D eigenvalue weighted by Gasteiger charge is 2.28. The molecule has 1 atom stereocenters. The summed E-state index contributed by atoms with van der Waals surface area (Å²) in [6.07, 6.45) is 1.43. The number of aromatic nitrogens is 2. The fraction of sp³-hybridized carbons (Fsp3) is 0.389. The van der Waals surface area contributed by atoms with E-state index in [-0.39, 0.29) is 12.0 Å². The van der Waals surface area contributed by atoms with Crippen LogP contribution >= 0.6 is 11.6 Å². The molecule has 7 heteroatoms. The summed E-state index contributed by atoms with van der Waals surface area (Å²) in [5.41, 5.74) is 2.31. The number of aryl methyl sites for hydroxylation is 1. The van der Waals surface area contributed by atoms with Crippen molar-refractivity contribution in [1.82, 2.24) is 14.9 Å². The van der Waals surface area contributed by atoms with Crippen LogP contribution in [0.15, 0.2) is 30.5 Å². The molecular formula is C18H21ClN4O2. The molecule has 2 aromatic rings. The number of nitrogens with zero attached hydrogens (tertiary/aromatic N) is 4. The van der Waals surface area contributed by atoms with E-state index in [4.69, 9.17) is 16.3 Å². The third-order valence-electron chi connectivity index (χ3n) is 4.10. The second-order valence-electron chi connectivity index (χ2n) is 6.27. The monoisotopic (exact) mass is 360 g/mol. The number of carbonyl (C=O) groups excluding carboxylic acids is 1. The van der Waals surface area contributed by atoms with Crippen LogP contribution in [0.1, 0.15) is 27.7 Å². The van der Waals surface area contributed by atoms with Crippen LogP contribution in [0.25, 0.3) is 0 Å². The summed E-state index contributed by atoms with van der Waals surface area (Å²) in [6, 6.07) is 7.30. The summed E-state index contributed by atoms with van der Waals surface area (Å²) in [7, 11) is 3.77. The maximum absolute atomic E-state index is 12.8. The van der Waals surface area contributed by atoms with E-state index in [9.17, 15) is 4.79 Å². The van der Waals surface area contributed by atoms with Crippen LogP contribution in [0.4, 0.5) is 5.95 Å². The summed E-state index contributed by atoms with van der Waals surface area (Å²) in [6.45, 7) is 3.38. The van der Waals surface area contributed by atoms with Gasteiger partial charge in [0, 0.05) is 26.8 Å². The highest BCUT2D eigenvalue weighted by atomic mass is 35.5. The molecule has 0 N–H and O–H groups in total. The molecule has 0 bridgehead atoms. The second-order valence-corrected chi connectivity index (χ2v) is 6.68. The lowest BCUT2D eigenvalue weighted by atomic mass is 10.1. The number of carbonyl (C=O) groups is 1. The number of morpholine rings is 1. The fourth-order valence-electron chi connectivity index (χ4n) is 2.73. The molecule has 132 valence electrons. The molecule has 0 saturated carbocycles. The predicted octanol–water partition coefficient (Wildman–Crippen LogP) is 2.72. The molecule has 1 aliphatic rings. The number of anilines is 1. The largest absolute Gasteiger partial charge is 0.368 e. The van der Waals surface area contributed by atoms with Crippen molar-refractivity contribution >= 4 is 23.5 Å². The number of halogens is 1. The van der Waals surface area contributed by atoms with Crippen molar-refractivity contribution < 1.29 is 9.53 Å². The standard InChI is InChI=1S/C18H21ClN4O2/c1-12-4-5-13(14(19)10-12)17(24)23-8-9-25-16(11-23)15-6-7-20-18(21-15)22(2)3/h4-7,10,16H,8-9,11H2,1-3H3. The molecule has 1 amide bonds. The van der Waals surface area contributed by atoms with Gasteiger partial charge in [0.15, 0.2) is 0 Å². The van der Waals surface area contributed by atoms with Crippen molar-refractivity contribution in [3.05, 3.63) is 52.3 Å². The van der Waals surface area contributed by atoms with Gasteiger partial charge in [-0.1, -0.05) is 17.7 Å². The van der Waals surface area contributed by atoms with E-state index in [0.717, 1.165) is 11.3 Å². The third-order valence-corrected chi connectivity index (χ3v) is 4.42. The van der Waals surface area contributed by atoms with Gasteiger partial charge >= 0.3 is 0 Å². The minimum absolute atomic E-state index is 0.0832. The van der Waals surface area contributed by atoms with Gasteiger partial charge in [-0.2, -0.15) is 0 Å². The highest BCUT2D eigenvalue weighted by Crippen LogP contribution is 2.25. The Morgan fingerprint density at radius 3 is 2.88 bits per heavy atom. The van der Waals surface area contributed by atoms with Crippen molar-refractivity contribution in [2.75, 3.05) is 38.7 Å². The van der Waals surface area contributed by atoms with E-state index >= 15 is 0 Å². The molecule has 1 aromatic heterocycles. The molecule has 1 aromatic carbocycles. The summed E-state index contributed by atoms with van der Waals surface area (Å²) < 4.78 is 5.83. The van der Waals surface area contributed by atoms with Crippen molar-refractivity contribution in [3.63, 3.8) is 0 Å². The van der Waals surface area contributed by atoms with Crippen molar-refractivity contribution in [2.45, 2.75) is 13.0 Å². The minimum atomic E-state index is -0.274. The van der Waals surface area contributed by atoms with Crippen molar-refractivity contribution in [1.29, 1.82) is 0 Å². The van der Waals surface area contributed by atoms with E-state index in [0.29, 0.717) is 36.2 Å². The Morgan fingerprint density at radius 2 is 2.16 bits per heavy atom. The molecule has 0 spiro atoms. The van der Waals surface area contributed by atoms with Gasteiger partial charge in [-0.05, 0) is 30.7 Å². The Morgan fingerprint density at radius 1 is 1.36 bits per heavy atom. The molecule has 6 nitrogen and oxygen atoms in total. The maximum Gasteiger partial charge on any atom is 0.255 e. The van der Waals surface area contributed by atoms with Crippen LogP contribution in [0.5, 0.6) is 0 Å². The lowest BCUT2D eigenvalue weighted by Crippen LogP contribution is -2.42. The van der Waals surface area contributed by atoms with E-state index < -0.39 is 0 Å². The van der Waals surface area contributed by atoms with Gasteiger partial charge in [0.25, 0.3) is 5.91 Å². The highest BCUT2D eigenvalue weighted by molar-refractivity contribution is 6.33. The van der Waals surface area contributed by atoms with Crippen LogP contribution in [0.3, 0.4) is 0 Å². The third kappa shape index (κ3) is 3.91. The summed E-state index contributed by atoms with van der Waals surface area (Å²) in [4.78, 5) is 25.2. The first kappa shape index (κ1) is 17.6. The molecular weight excluding hydrogens is 340 g/mol. The van der Waals surface area contributed by atoms with Gasteiger partial charge in [-0.25, -0.2) is 9.97 Å². The summed E-state index contributed by atoms with van der Waals surface area (Å²) in [5.74, 6) is 0.534. The molecule has 1 unspecified atom stereocenters. The zero-order valence-electron chi connectivity index (χ0n) is 14.6. The van der Waals surface area contributed by atoms with Crippen LogP contribution in [-0.4, -0.2) is 54.6 Å². The Balaban J connectivity index is 1.79. The lowest BCUT2D eigenvalue weighted by molar-refractivity contribution is -0.0247. The van der Waals surface area contributed by atoms with Gasteiger partial charge in [0.2, 0.25) is 5.95 Å². The molecule has 25 heavy (non-hydrogen) atoms. The van der Waals surface area contributed by atoms with Gasteiger partial charge < -0.3 is 14.5 Å². The first-order chi connectivity index (χ1) is 12.0. The van der Waals surface area contributed by atoms with Gasteiger partial charge in [-0.3, -0.25) is 4.79 Å². The summed E-state index contributed by atoms with van der Waals surface area (Å²) >= 11 is 6.25. The molecule has 1 fully saturated rings. The SMILES string of the molecule is Cc1ccc(C(=O)N2CCOC(c3ccnc(N(C)C)n3)C2)c(Cl)c1. The average molecular weight is 361 g/mol. The zero-order chi connectivity index (χ0) is 18.0. The second kappa shape index (κ2) is 7.37. The maximum atomic E-state index is 12.8. The number of hydrogen-bond donors (Lipinski definition) is 0. The van der Waals surface area contributed by atoms with Crippen molar-refractivity contribution in [3.8, 4) is 0 Å². The quantitative estimate of drug-likeness (QED) is 0.842. The van der Waals surface area contributed by atoms with Crippen LogP contribution in [0, 0.1) is 6.92 Å². The molecule has 3 rings (SSSR count). The molecule has 2 heterocycles. The molecule has 0 radical (unpaired) electrons. The molecule has 1 saturated heterocycles. The number of benzene rings is 1. The molecule has 0 aliphatic carbocycles. The predicted molar refractivity (Wildman–Crippen MR) is 97.1 cm³/mol. The van der Waals surface area contributed by atoms with Gasteiger partial charge in [0.05, 0.1) is 29.4 Å². The Labute approximate surface area is 152 Å². The number of rotatable bonds is 3. The normalized spacial score (nSPS) is 17.4. The summed E-state index contributed by atoms with van der Waals surface area (Å²) in [5, 5.41) is 0.477. The smallest absolute Gasteiger partial charge is 0.255 e. The average Bonchev–Trinajstić information content (AvgIpc) is 2.61. The number of amides is 1. The number of ether oxygens (including phenoxy) is 1. The Hall–Kier alpha value is -2.18. The van der Waals surface area contributed by atoms with E-state index in [2.05, 4.69) is 9.97 Å². The van der Waals surface area contributed by atoms with Gasteiger partial charge in [0.1, 0.15) is 6.10 Å². The van der Waals surface area contributed by atoms with Gasteiger partial charge in [-0.15, -0.1) is 0 Å². The van der Waals surface area contributed by atoms with Crippen LogP contribution in [0.2, 0.25) is 5.02 Å². The van der Waals surface area contributed by atoms with Crippen LogP contribution in [-0.2, 0) is 4.74 Å². The zero-order valence-corrected chi connectivity index (χ0v) is 15.3. The van der Waals surface area contributed by atoms with E-state index in [1.807, 2.05) is 38.1 Å². The van der Waals surface area contributed by atoms with E-state index in [1.165, 1.54) is 0 Å². The molecule has 1 aliphatic heterocycles. The first-order valence-corrected chi connectivity index (χ1v) is 8.51. The van der Waals surface area contributed by atoms with Crippen molar-refractivity contribution in [2.24, 2.45) is 0 Å². The van der Waals surface area contributed by atoms with Crippen LogP contribution < -0.4 is 4.90 Å². The topological polar surface area (TPSA) is 58.6 Å². The Bertz CT molecular complexity index is 781. The first-order valence-electron chi connectivity index (χ1n) is 8.13. The number of hydrogen-bond acceptors (Lipinski definition) is 5.